The van der Waals surface area contributed by atoms with Crippen LogP contribution in [0.15, 0.2) is 12.2 Å². The van der Waals surface area contributed by atoms with Crippen LogP contribution < -0.4 is 5.32 Å². The van der Waals surface area contributed by atoms with E-state index in [1.165, 1.54) is 0 Å². The molecule has 2 heteroatoms. The Balaban J connectivity index is 2.15. The Kier molecular flexibility index (Phi) is 1.76. The molecule has 0 amide bonds. The number of rotatable bonds is 1. The molecule has 12 heavy (non-hydrogen) atoms. The number of nitrogens with one attached hydrogen (secondary N) is 1. The summed E-state index contributed by atoms with van der Waals surface area (Å²) in [5.74, 6) is 0. The van der Waals surface area contributed by atoms with Gasteiger partial charge in [-0.2, -0.15) is 0 Å². The molecule has 0 saturated carbocycles. The van der Waals surface area contributed by atoms with Gasteiger partial charge in [0.15, 0.2) is 0 Å². The second-order valence-corrected chi connectivity index (χ2v) is 4.29. The zero-order valence-electron chi connectivity index (χ0n) is 7.57. The molecule has 1 N–H and O–H groups in total. The average molecular weight is 169 g/mol. The lowest BCUT2D eigenvalue weighted by Gasteiger charge is -2.35. The lowest BCUT2D eigenvalue weighted by atomic mass is 9.84. The molecule has 0 aliphatic carbocycles. The summed E-state index contributed by atoms with van der Waals surface area (Å²) in [4.78, 5) is 0. The van der Waals surface area contributed by atoms with E-state index in [0.717, 1.165) is 12.8 Å². The molecule has 2 bridgehead atoms. The van der Waals surface area contributed by atoms with Crippen molar-refractivity contribution in [3.63, 3.8) is 0 Å². The smallest absolute Gasteiger partial charge is 0.134 e. The van der Waals surface area contributed by atoms with Crippen LogP contribution in [0.1, 0.15) is 32.6 Å². The summed E-state index contributed by atoms with van der Waals surface area (Å²) >= 11 is 0. The third-order valence-corrected chi connectivity index (χ3v) is 3.24. The van der Waals surface area contributed by atoms with E-state index in [2.05, 4.69) is 11.9 Å². The standard InChI is InChI=1S/C10H16FN/c1-7(2)10(11)5-8-3-4-9(6-10)12-8/h8-9,12H,1,3-6H2,2H3. The number of piperidine rings is 1. The molecule has 2 aliphatic rings. The molecule has 0 aromatic heterocycles. The first-order valence-electron chi connectivity index (χ1n) is 4.71. The minimum Gasteiger partial charge on any atom is -0.311 e. The van der Waals surface area contributed by atoms with Gasteiger partial charge in [-0.3, -0.25) is 0 Å². The van der Waals surface area contributed by atoms with Crippen LogP contribution in [0.3, 0.4) is 0 Å². The largest absolute Gasteiger partial charge is 0.311 e. The predicted octanol–water partition coefficient (Wildman–Crippen LogP) is 2.19. The molecule has 0 aromatic carbocycles. The molecule has 68 valence electrons. The van der Waals surface area contributed by atoms with Crippen LogP contribution in [-0.2, 0) is 0 Å². The Hall–Kier alpha value is -0.370. The molecule has 2 heterocycles. The number of hydrogen-bond donors (Lipinski definition) is 1. The first-order valence-corrected chi connectivity index (χ1v) is 4.71. The summed E-state index contributed by atoms with van der Waals surface area (Å²) in [6, 6.07) is 0.816. The second kappa shape index (κ2) is 2.56. The maximum atomic E-state index is 14.1. The zero-order chi connectivity index (χ0) is 8.77. The van der Waals surface area contributed by atoms with Gasteiger partial charge < -0.3 is 5.32 Å². The predicted molar refractivity (Wildman–Crippen MR) is 47.8 cm³/mol. The van der Waals surface area contributed by atoms with Crippen molar-refractivity contribution in [3.8, 4) is 0 Å². The SMILES string of the molecule is C=C(C)C1(F)CC2CCC(C1)N2. The van der Waals surface area contributed by atoms with Gasteiger partial charge in [0, 0.05) is 24.9 Å². The van der Waals surface area contributed by atoms with E-state index >= 15 is 0 Å². The van der Waals surface area contributed by atoms with E-state index in [1.807, 2.05) is 6.92 Å². The molecular weight excluding hydrogens is 153 g/mol. The van der Waals surface area contributed by atoms with Gasteiger partial charge in [0.2, 0.25) is 0 Å². The van der Waals surface area contributed by atoms with E-state index < -0.39 is 5.67 Å². The van der Waals surface area contributed by atoms with Crippen molar-refractivity contribution in [2.75, 3.05) is 0 Å². The zero-order valence-corrected chi connectivity index (χ0v) is 7.57. The highest BCUT2D eigenvalue weighted by atomic mass is 19.1. The summed E-state index contributed by atoms with van der Waals surface area (Å²) < 4.78 is 14.1. The van der Waals surface area contributed by atoms with Crippen molar-refractivity contribution in [2.45, 2.75) is 50.4 Å². The molecule has 2 rings (SSSR count). The van der Waals surface area contributed by atoms with Gasteiger partial charge in [0.25, 0.3) is 0 Å². The average Bonchev–Trinajstić information content (AvgIpc) is 2.30. The molecular formula is C10H16FN. The maximum Gasteiger partial charge on any atom is 0.134 e. The van der Waals surface area contributed by atoms with Crippen molar-refractivity contribution in [3.05, 3.63) is 12.2 Å². The monoisotopic (exact) mass is 169 g/mol. The molecule has 2 saturated heterocycles. The van der Waals surface area contributed by atoms with E-state index in [9.17, 15) is 4.39 Å². The number of halogens is 1. The summed E-state index contributed by atoms with van der Waals surface area (Å²) in [7, 11) is 0. The Morgan fingerprint density at radius 2 is 1.92 bits per heavy atom. The number of fused-ring (bicyclic) bond motifs is 2. The Labute approximate surface area is 73.0 Å². The molecule has 2 unspecified atom stereocenters. The van der Waals surface area contributed by atoms with Crippen LogP contribution >= 0.6 is 0 Å². The van der Waals surface area contributed by atoms with Gasteiger partial charge in [-0.1, -0.05) is 6.58 Å². The van der Waals surface area contributed by atoms with Gasteiger partial charge in [-0.25, -0.2) is 4.39 Å². The second-order valence-electron chi connectivity index (χ2n) is 4.29. The van der Waals surface area contributed by atoms with Gasteiger partial charge in [0.05, 0.1) is 0 Å². The molecule has 0 spiro atoms. The quantitative estimate of drug-likeness (QED) is 0.593. The van der Waals surface area contributed by atoms with Gasteiger partial charge >= 0.3 is 0 Å². The van der Waals surface area contributed by atoms with E-state index in [4.69, 9.17) is 0 Å². The topological polar surface area (TPSA) is 12.0 Å². The molecule has 2 atom stereocenters. The van der Waals surface area contributed by atoms with Crippen molar-refractivity contribution in [1.82, 2.24) is 5.32 Å². The fourth-order valence-electron chi connectivity index (χ4n) is 2.44. The highest BCUT2D eigenvalue weighted by Gasteiger charge is 2.44. The van der Waals surface area contributed by atoms with Crippen molar-refractivity contribution in [2.24, 2.45) is 0 Å². The minimum atomic E-state index is -1.07. The molecule has 2 aliphatic heterocycles. The summed E-state index contributed by atoms with van der Waals surface area (Å²) in [5, 5.41) is 3.42. The number of hydrogen-bond acceptors (Lipinski definition) is 1. The van der Waals surface area contributed by atoms with Crippen molar-refractivity contribution in [1.29, 1.82) is 0 Å². The molecule has 2 fully saturated rings. The Bertz CT molecular complexity index is 200. The van der Waals surface area contributed by atoms with Crippen LogP contribution in [0.25, 0.3) is 0 Å². The normalized spacial score (nSPS) is 46.2. The van der Waals surface area contributed by atoms with Crippen molar-refractivity contribution >= 4 is 0 Å². The highest BCUT2D eigenvalue weighted by molar-refractivity contribution is 5.16. The fraction of sp³-hybridized carbons (Fsp3) is 0.800. The molecule has 1 nitrogen and oxygen atoms in total. The van der Waals surface area contributed by atoms with Crippen LogP contribution in [0, 0.1) is 0 Å². The van der Waals surface area contributed by atoms with Crippen LogP contribution in [0.4, 0.5) is 4.39 Å². The van der Waals surface area contributed by atoms with E-state index in [0.29, 0.717) is 30.5 Å². The highest BCUT2D eigenvalue weighted by Crippen LogP contribution is 2.40. The van der Waals surface area contributed by atoms with Crippen molar-refractivity contribution < 1.29 is 4.39 Å². The third-order valence-electron chi connectivity index (χ3n) is 3.24. The van der Waals surface area contributed by atoms with Crippen LogP contribution in [0.2, 0.25) is 0 Å². The van der Waals surface area contributed by atoms with Crippen LogP contribution in [0.5, 0.6) is 0 Å². The minimum absolute atomic E-state index is 0.408. The lowest BCUT2D eigenvalue weighted by molar-refractivity contribution is 0.128. The fourth-order valence-corrected chi connectivity index (χ4v) is 2.44. The lowest BCUT2D eigenvalue weighted by Crippen LogP contribution is -2.46. The Morgan fingerprint density at radius 3 is 2.33 bits per heavy atom. The number of allylic oxidation sites excluding steroid dienone is 1. The summed E-state index contributed by atoms with van der Waals surface area (Å²) in [6.07, 6.45) is 3.56. The van der Waals surface area contributed by atoms with Gasteiger partial charge in [-0.05, 0) is 25.3 Å². The van der Waals surface area contributed by atoms with E-state index in [-0.39, 0.29) is 0 Å². The molecule has 0 aromatic rings. The molecule has 0 radical (unpaired) electrons. The third kappa shape index (κ3) is 1.18. The number of alkyl halides is 1. The van der Waals surface area contributed by atoms with Crippen LogP contribution in [-0.4, -0.2) is 17.8 Å². The summed E-state index contributed by atoms with van der Waals surface area (Å²) in [5.41, 5.74) is -0.363. The van der Waals surface area contributed by atoms with E-state index in [1.54, 1.807) is 0 Å². The van der Waals surface area contributed by atoms with Gasteiger partial charge in [-0.15, -0.1) is 0 Å². The first kappa shape index (κ1) is 8.24. The summed E-state index contributed by atoms with van der Waals surface area (Å²) in [6.45, 7) is 5.55. The Morgan fingerprint density at radius 1 is 1.42 bits per heavy atom. The van der Waals surface area contributed by atoms with Gasteiger partial charge in [0.1, 0.15) is 5.67 Å². The first-order chi connectivity index (χ1) is 5.60. The maximum absolute atomic E-state index is 14.1.